The highest BCUT2D eigenvalue weighted by Crippen LogP contribution is 2.38. The molecule has 0 atom stereocenters. The summed E-state index contributed by atoms with van der Waals surface area (Å²) in [7, 11) is 3.45. The van der Waals surface area contributed by atoms with E-state index in [4.69, 9.17) is 9.47 Å². The van der Waals surface area contributed by atoms with Gasteiger partial charge in [0, 0.05) is 32.2 Å². The fourth-order valence-electron chi connectivity index (χ4n) is 2.80. The first-order chi connectivity index (χ1) is 9.28. The SMILES string of the molecule is COCc1cc(NCC2(COC)CCCC2)ncn1. The summed E-state index contributed by atoms with van der Waals surface area (Å²) in [6.45, 7) is 2.24. The lowest BCUT2D eigenvalue weighted by atomic mass is 9.87. The highest BCUT2D eigenvalue weighted by molar-refractivity contribution is 5.35. The van der Waals surface area contributed by atoms with Crippen molar-refractivity contribution in [1.29, 1.82) is 0 Å². The first kappa shape index (κ1) is 14.2. The minimum atomic E-state index is 0.265. The first-order valence-corrected chi connectivity index (χ1v) is 6.81. The molecule has 19 heavy (non-hydrogen) atoms. The van der Waals surface area contributed by atoms with Gasteiger partial charge in [0.1, 0.15) is 12.1 Å². The maximum Gasteiger partial charge on any atom is 0.129 e. The molecule has 0 unspecified atom stereocenters. The quantitative estimate of drug-likeness (QED) is 0.819. The van der Waals surface area contributed by atoms with Crippen molar-refractivity contribution in [2.45, 2.75) is 32.3 Å². The molecular formula is C14H23N3O2. The van der Waals surface area contributed by atoms with Gasteiger partial charge in [-0.15, -0.1) is 0 Å². The molecule has 0 spiro atoms. The van der Waals surface area contributed by atoms with E-state index in [1.165, 1.54) is 25.7 Å². The maximum absolute atomic E-state index is 5.39. The van der Waals surface area contributed by atoms with Crippen molar-refractivity contribution >= 4 is 5.82 Å². The molecule has 1 aliphatic rings. The summed E-state index contributed by atoms with van der Waals surface area (Å²) in [5.74, 6) is 0.865. The van der Waals surface area contributed by atoms with E-state index in [1.54, 1.807) is 20.5 Å². The Morgan fingerprint density at radius 3 is 2.68 bits per heavy atom. The number of nitrogens with zero attached hydrogens (tertiary/aromatic N) is 2. The number of aromatic nitrogens is 2. The van der Waals surface area contributed by atoms with E-state index in [0.29, 0.717) is 6.61 Å². The molecule has 0 aromatic carbocycles. The van der Waals surface area contributed by atoms with Gasteiger partial charge in [-0.05, 0) is 12.8 Å². The Morgan fingerprint density at radius 1 is 1.21 bits per heavy atom. The predicted molar refractivity (Wildman–Crippen MR) is 74.0 cm³/mol. The largest absolute Gasteiger partial charge is 0.384 e. The lowest BCUT2D eigenvalue weighted by Crippen LogP contribution is -2.31. The molecule has 1 N–H and O–H groups in total. The highest BCUT2D eigenvalue weighted by Gasteiger charge is 2.33. The van der Waals surface area contributed by atoms with Crippen molar-refractivity contribution in [3.05, 3.63) is 18.1 Å². The Labute approximate surface area is 114 Å². The third-order valence-electron chi connectivity index (χ3n) is 3.78. The molecule has 1 aromatic rings. The molecule has 1 saturated carbocycles. The fraction of sp³-hybridized carbons (Fsp3) is 0.714. The lowest BCUT2D eigenvalue weighted by Gasteiger charge is -2.28. The number of hydrogen-bond acceptors (Lipinski definition) is 5. The van der Waals surface area contributed by atoms with Crippen LogP contribution >= 0.6 is 0 Å². The summed E-state index contributed by atoms with van der Waals surface area (Å²) in [6, 6.07) is 1.94. The van der Waals surface area contributed by atoms with Gasteiger partial charge in [0.2, 0.25) is 0 Å². The molecule has 1 aliphatic carbocycles. The predicted octanol–water partition coefficient (Wildman–Crippen LogP) is 2.24. The van der Waals surface area contributed by atoms with E-state index >= 15 is 0 Å². The molecule has 0 radical (unpaired) electrons. The molecule has 1 heterocycles. The van der Waals surface area contributed by atoms with Crippen molar-refractivity contribution < 1.29 is 9.47 Å². The van der Waals surface area contributed by atoms with Gasteiger partial charge in [-0.2, -0.15) is 0 Å². The Morgan fingerprint density at radius 2 is 2.00 bits per heavy atom. The van der Waals surface area contributed by atoms with E-state index in [2.05, 4.69) is 15.3 Å². The Kier molecular flexibility index (Phi) is 5.10. The van der Waals surface area contributed by atoms with Crippen LogP contribution in [0.25, 0.3) is 0 Å². The summed E-state index contributed by atoms with van der Waals surface area (Å²) >= 11 is 0. The summed E-state index contributed by atoms with van der Waals surface area (Å²) < 4.78 is 10.5. The molecule has 0 amide bonds. The van der Waals surface area contributed by atoms with Gasteiger partial charge in [-0.3, -0.25) is 0 Å². The monoisotopic (exact) mass is 265 g/mol. The third kappa shape index (κ3) is 3.88. The summed E-state index contributed by atoms with van der Waals surface area (Å²) in [5, 5.41) is 3.42. The summed E-state index contributed by atoms with van der Waals surface area (Å²) in [6.07, 6.45) is 6.62. The highest BCUT2D eigenvalue weighted by atomic mass is 16.5. The minimum Gasteiger partial charge on any atom is -0.384 e. The van der Waals surface area contributed by atoms with Gasteiger partial charge in [0.25, 0.3) is 0 Å². The van der Waals surface area contributed by atoms with E-state index in [0.717, 1.165) is 24.7 Å². The van der Waals surface area contributed by atoms with Gasteiger partial charge < -0.3 is 14.8 Å². The van der Waals surface area contributed by atoms with Crippen molar-refractivity contribution in [3.8, 4) is 0 Å². The number of anilines is 1. The Hall–Kier alpha value is -1.20. The number of rotatable bonds is 7. The van der Waals surface area contributed by atoms with Gasteiger partial charge >= 0.3 is 0 Å². The van der Waals surface area contributed by atoms with Crippen LogP contribution in [0.1, 0.15) is 31.4 Å². The van der Waals surface area contributed by atoms with Crippen LogP contribution in [-0.4, -0.2) is 37.3 Å². The normalized spacial score (nSPS) is 17.6. The average molecular weight is 265 g/mol. The van der Waals surface area contributed by atoms with Crippen molar-refractivity contribution in [2.24, 2.45) is 5.41 Å². The number of methoxy groups -OCH3 is 2. The molecule has 0 aliphatic heterocycles. The fourth-order valence-corrected chi connectivity index (χ4v) is 2.80. The molecule has 106 valence electrons. The zero-order chi connectivity index (χ0) is 13.6. The molecule has 0 bridgehead atoms. The standard InChI is InChI=1S/C14H23N3O2/c1-18-8-12-7-13(17-11-16-12)15-9-14(10-19-2)5-3-4-6-14/h7,11H,3-6,8-10H2,1-2H3,(H,15,16,17). The van der Waals surface area contributed by atoms with Crippen LogP contribution in [0.15, 0.2) is 12.4 Å². The number of ether oxygens (including phenoxy) is 2. The minimum absolute atomic E-state index is 0.265. The zero-order valence-electron chi connectivity index (χ0n) is 11.8. The summed E-state index contributed by atoms with van der Waals surface area (Å²) in [4.78, 5) is 8.42. The number of nitrogens with one attached hydrogen (secondary N) is 1. The van der Waals surface area contributed by atoms with E-state index in [-0.39, 0.29) is 5.41 Å². The van der Waals surface area contributed by atoms with Crippen LogP contribution in [0.3, 0.4) is 0 Å². The van der Waals surface area contributed by atoms with Crippen LogP contribution in [-0.2, 0) is 16.1 Å². The second-order valence-corrected chi connectivity index (χ2v) is 5.32. The topological polar surface area (TPSA) is 56.3 Å². The Bertz CT molecular complexity index is 392. The average Bonchev–Trinajstić information content (AvgIpc) is 2.87. The number of hydrogen-bond donors (Lipinski definition) is 1. The second kappa shape index (κ2) is 6.82. The van der Waals surface area contributed by atoms with E-state index in [1.807, 2.05) is 6.07 Å². The van der Waals surface area contributed by atoms with Crippen molar-refractivity contribution in [2.75, 3.05) is 32.7 Å². The molecule has 2 rings (SSSR count). The zero-order valence-corrected chi connectivity index (χ0v) is 11.8. The van der Waals surface area contributed by atoms with Crippen molar-refractivity contribution in [3.63, 3.8) is 0 Å². The molecule has 5 nitrogen and oxygen atoms in total. The van der Waals surface area contributed by atoms with Crippen LogP contribution in [0.2, 0.25) is 0 Å². The van der Waals surface area contributed by atoms with Gasteiger partial charge in [0.15, 0.2) is 0 Å². The smallest absolute Gasteiger partial charge is 0.129 e. The van der Waals surface area contributed by atoms with Crippen molar-refractivity contribution in [1.82, 2.24) is 9.97 Å². The van der Waals surface area contributed by atoms with Crippen LogP contribution in [0, 0.1) is 5.41 Å². The first-order valence-electron chi connectivity index (χ1n) is 6.81. The van der Waals surface area contributed by atoms with Crippen LogP contribution < -0.4 is 5.32 Å². The third-order valence-corrected chi connectivity index (χ3v) is 3.78. The molecular weight excluding hydrogens is 242 g/mol. The molecule has 1 fully saturated rings. The van der Waals surface area contributed by atoms with E-state index < -0.39 is 0 Å². The van der Waals surface area contributed by atoms with Gasteiger partial charge in [-0.1, -0.05) is 12.8 Å². The van der Waals surface area contributed by atoms with E-state index in [9.17, 15) is 0 Å². The van der Waals surface area contributed by atoms with Crippen LogP contribution in [0.5, 0.6) is 0 Å². The maximum atomic E-state index is 5.39. The summed E-state index contributed by atoms with van der Waals surface area (Å²) in [5.41, 5.74) is 1.16. The van der Waals surface area contributed by atoms with Crippen LogP contribution in [0.4, 0.5) is 5.82 Å². The van der Waals surface area contributed by atoms with Gasteiger partial charge in [-0.25, -0.2) is 9.97 Å². The van der Waals surface area contributed by atoms with Gasteiger partial charge in [0.05, 0.1) is 18.9 Å². The molecule has 1 aromatic heterocycles. The Balaban J connectivity index is 1.95. The molecule has 0 saturated heterocycles. The second-order valence-electron chi connectivity index (χ2n) is 5.32. The molecule has 5 heteroatoms. The lowest BCUT2D eigenvalue weighted by molar-refractivity contribution is 0.0923.